The lowest BCUT2D eigenvalue weighted by Gasteiger charge is -2.27. The summed E-state index contributed by atoms with van der Waals surface area (Å²) in [4.78, 5) is 20.8. The van der Waals surface area contributed by atoms with E-state index in [2.05, 4.69) is 4.98 Å². The Labute approximate surface area is 210 Å². The summed E-state index contributed by atoms with van der Waals surface area (Å²) < 4.78 is 28.9. The van der Waals surface area contributed by atoms with E-state index in [9.17, 15) is 13.2 Å². The number of benzene rings is 2. The third-order valence-electron chi connectivity index (χ3n) is 5.78. The zero-order valence-electron chi connectivity index (χ0n) is 19.7. The number of pyridine rings is 1. The van der Waals surface area contributed by atoms with E-state index in [1.165, 1.54) is 4.31 Å². The number of unbranched alkanes of at least 4 members (excludes halogenated alkanes) is 1. The van der Waals surface area contributed by atoms with Crippen LogP contribution >= 0.6 is 11.3 Å². The van der Waals surface area contributed by atoms with Crippen LogP contribution in [0.3, 0.4) is 0 Å². The van der Waals surface area contributed by atoms with Crippen LogP contribution < -0.4 is 0 Å². The molecule has 0 saturated carbocycles. The van der Waals surface area contributed by atoms with Crippen LogP contribution in [0.1, 0.15) is 30.2 Å². The summed E-state index contributed by atoms with van der Waals surface area (Å²) in [5.41, 5.74) is 1.42. The number of para-hydroxylation sites is 1. The van der Waals surface area contributed by atoms with E-state index >= 15 is 0 Å². The average Bonchev–Trinajstić information content (AvgIpc) is 3.39. The van der Waals surface area contributed by atoms with Gasteiger partial charge >= 0.3 is 0 Å². The van der Waals surface area contributed by atoms with Gasteiger partial charge in [-0.05, 0) is 35.6 Å². The lowest BCUT2D eigenvalue weighted by molar-refractivity contribution is -0.132. The van der Waals surface area contributed by atoms with Gasteiger partial charge in [0.2, 0.25) is 15.9 Å². The smallest absolute Gasteiger partial charge is 0.245 e. The number of hydrogen-bond donors (Lipinski definition) is 0. The first-order valence-corrected chi connectivity index (χ1v) is 14.0. The second kappa shape index (κ2) is 11.6. The van der Waals surface area contributed by atoms with Crippen LogP contribution in [0.4, 0.5) is 0 Å². The Kier molecular flexibility index (Phi) is 8.28. The van der Waals surface area contributed by atoms with Crippen LogP contribution in [0.25, 0.3) is 10.9 Å². The zero-order chi connectivity index (χ0) is 24.7. The SMILES string of the molecule is CCCCN(CC(=O)N(Cc1ccccc1)Cc1cccs1)S(=O)(=O)c1cccc2cccnc12. The predicted octanol–water partition coefficient (Wildman–Crippen LogP) is 5.32. The van der Waals surface area contributed by atoms with Gasteiger partial charge in [-0.2, -0.15) is 4.31 Å². The van der Waals surface area contributed by atoms with E-state index in [0.29, 0.717) is 25.0 Å². The van der Waals surface area contributed by atoms with Crippen molar-refractivity contribution in [2.45, 2.75) is 37.8 Å². The summed E-state index contributed by atoms with van der Waals surface area (Å²) in [6.45, 7) is 2.90. The molecule has 0 aliphatic rings. The molecular weight excluding hydrogens is 478 g/mol. The number of aromatic nitrogens is 1. The Hall–Kier alpha value is -3.07. The highest BCUT2D eigenvalue weighted by atomic mass is 32.2. The Morgan fingerprint density at radius 2 is 1.74 bits per heavy atom. The first-order valence-electron chi connectivity index (χ1n) is 11.7. The number of rotatable bonds is 11. The molecule has 6 nitrogen and oxygen atoms in total. The van der Waals surface area contributed by atoms with Gasteiger partial charge in [0.1, 0.15) is 4.90 Å². The van der Waals surface area contributed by atoms with E-state index in [1.807, 2.05) is 66.9 Å². The van der Waals surface area contributed by atoms with E-state index < -0.39 is 10.0 Å². The molecule has 1 amide bonds. The molecule has 0 fully saturated rings. The van der Waals surface area contributed by atoms with Crippen molar-refractivity contribution in [2.75, 3.05) is 13.1 Å². The molecule has 35 heavy (non-hydrogen) atoms. The molecule has 0 aliphatic heterocycles. The Bertz CT molecular complexity index is 1350. The molecule has 0 bridgehead atoms. The zero-order valence-corrected chi connectivity index (χ0v) is 21.3. The van der Waals surface area contributed by atoms with Crippen molar-refractivity contribution in [3.63, 3.8) is 0 Å². The van der Waals surface area contributed by atoms with Crippen LogP contribution in [-0.2, 0) is 27.9 Å². The lowest BCUT2D eigenvalue weighted by atomic mass is 10.2. The monoisotopic (exact) mass is 507 g/mol. The first kappa shape index (κ1) is 25.0. The molecule has 182 valence electrons. The second-order valence-corrected chi connectivity index (χ2v) is 11.3. The number of sulfonamides is 1. The minimum absolute atomic E-state index is 0.132. The molecule has 0 spiro atoms. The fourth-order valence-electron chi connectivity index (χ4n) is 3.92. The summed E-state index contributed by atoms with van der Waals surface area (Å²) in [5.74, 6) is -0.227. The highest BCUT2D eigenvalue weighted by Gasteiger charge is 2.30. The summed E-state index contributed by atoms with van der Waals surface area (Å²) in [7, 11) is -3.94. The molecule has 0 atom stereocenters. The number of nitrogens with zero attached hydrogens (tertiary/aromatic N) is 3. The highest BCUT2D eigenvalue weighted by Crippen LogP contribution is 2.25. The van der Waals surface area contributed by atoms with E-state index in [0.717, 1.165) is 22.2 Å². The van der Waals surface area contributed by atoms with Gasteiger partial charge in [0, 0.05) is 29.5 Å². The molecule has 4 rings (SSSR count). The molecule has 0 saturated heterocycles. The van der Waals surface area contributed by atoms with Gasteiger partial charge < -0.3 is 4.90 Å². The fraction of sp³-hybridized carbons (Fsp3) is 0.259. The maximum Gasteiger partial charge on any atom is 0.245 e. The number of carbonyl (C=O) groups excluding carboxylic acids is 1. The fourth-order valence-corrected chi connectivity index (χ4v) is 6.23. The summed E-state index contributed by atoms with van der Waals surface area (Å²) >= 11 is 1.58. The van der Waals surface area contributed by atoms with Crippen LogP contribution in [0.2, 0.25) is 0 Å². The van der Waals surface area contributed by atoms with Crippen molar-refractivity contribution in [1.29, 1.82) is 0 Å². The quantitative estimate of drug-likeness (QED) is 0.276. The minimum atomic E-state index is -3.94. The van der Waals surface area contributed by atoms with E-state index in [4.69, 9.17) is 0 Å². The van der Waals surface area contributed by atoms with Crippen LogP contribution in [0.15, 0.2) is 89.3 Å². The standard InChI is InChI=1S/C27H29N3O3S2/c1-2-3-17-30(35(32,33)25-15-7-12-23-13-8-16-28-27(23)25)21-26(31)29(20-24-14-9-18-34-24)19-22-10-5-4-6-11-22/h4-16,18H,2-3,17,19-21H2,1H3. The maximum absolute atomic E-state index is 13.8. The molecule has 0 unspecified atom stereocenters. The van der Waals surface area contributed by atoms with Gasteiger partial charge in [-0.15, -0.1) is 11.3 Å². The highest BCUT2D eigenvalue weighted by molar-refractivity contribution is 7.89. The average molecular weight is 508 g/mol. The van der Waals surface area contributed by atoms with Gasteiger partial charge in [-0.1, -0.05) is 67.9 Å². The molecule has 0 N–H and O–H groups in total. The molecule has 2 heterocycles. The van der Waals surface area contributed by atoms with Crippen LogP contribution in [-0.4, -0.2) is 41.6 Å². The van der Waals surface area contributed by atoms with Crippen molar-refractivity contribution >= 4 is 38.2 Å². The Morgan fingerprint density at radius 1 is 0.943 bits per heavy atom. The molecule has 8 heteroatoms. The third-order valence-corrected chi connectivity index (χ3v) is 8.52. The summed E-state index contributed by atoms with van der Waals surface area (Å²) in [6, 6.07) is 22.5. The van der Waals surface area contributed by atoms with E-state index in [1.54, 1.807) is 40.6 Å². The minimum Gasteiger partial charge on any atom is -0.332 e. The van der Waals surface area contributed by atoms with E-state index in [-0.39, 0.29) is 23.9 Å². The molecule has 0 radical (unpaired) electrons. The number of hydrogen-bond acceptors (Lipinski definition) is 5. The van der Waals surface area contributed by atoms with Gasteiger partial charge in [0.05, 0.1) is 18.6 Å². The molecule has 2 aromatic heterocycles. The Morgan fingerprint density at radius 3 is 2.49 bits per heavy atom. The lowest BCUT2D eigenvalue weighted by Crippen LogP contribution is -2.42. The number of thiophene rings is 1. The molecular formula is C27H29N3O3S2. The Balaban J connectivity index is 1.64. The van der Waals surface area contributed by atoms with Crippen molar-refractivity contribution in [3.8, 4) is 0 Å². The maximum atomic E-state index is 13.8. The van der Waals surface area contributed by atoms with Crippen LogP contribution in [0, 0.1) is 0 Å². The largest absolute Gasteiger partial charge is 0.332 e. The molecule has 2 aromatic carbocycles. The number of carbonyl (C=O) groups is 1. The number of amides is 1. The van der Waals surface area contributed by atoms with Crippen molar-refractivity contribution in [3.05, 3.63) is 94.8 Å². The number of fused-ring (bicyclic) bond motifs is 1. The summed E-state index contributed by atoms with van der Waals surface area (Å²) in [6.07, 6.45) is 3.07. The van der Waals surface area contributed by atoms with Gasteiger partial charge in [-0.25, -0.2) is 8.42 Å². The molecule has 4 aromatic rings. The molecule has 0 aliphatic carbocycles. The van der Waals surface area contributed by atoms with Gasteiger partial charge in [-0.3, -0.25) is 9.78 Å². The van der Waals surface area contributed by atoms with Gasteiger partial charge in [0.15, 0.2) is 0 Å². The predicted molar refractivity (Wildman–Crippen MR) is 140 cm³/mol. The normalized spacial score (nSPS) is 11.7. The first-order chi connectivity index (χ1) is 17.0. The van der Waals surface area contributed by atoms with Crippen molar-refractivity contribution < 1.29 is 13.2 Å². The summed E-state index contributed by atoms with van der Waals surface area (Å²) in [5, 5.41) is 2.73. The topological polar surface area (TPSA) is 70.6 Å². The van der Waals surface area contributed by atoms with Crippen LogP contribution in [0.5, 0.6) is 0 Å². The third kappa shape index (κ3) is 6.14. The van der Waals surface area contributed by atoms with Crippen molar-refractivity contribution in [2.24, 2.45) is 0 Å². The second-order valence-electron chi connectivity index (χ2n) is 8.34. The van der Waals surface area contributed by atoms with Crippen molar-refractivity contribution in [1.82, 2.24) is 14.2 Å². The van der Waals surface area contributed by atoms with Gasteiger partial charge in [0.25, 0.3) is 0 Å².